The first-order chi connectivity index (χ1) is 13.6. The number of carbonyl (C=O) groups is 1. The van der Waals surface area contributed by atoms with Gasteiger partial charge in [-0.05, 0) is 23.1 Å². The Morgan fingerprint density at radius 2 is 1.86 bits per heavy atom. The Balaban J connectivity index is 1.67. The summed E-state index contributed by atoms with van der Waals surface area (Å²) < 4.78 is 70.3. The second-order valence-corrected chi connectivity index (χ2v) is 9.31. The van der Waals surface area contributed by atoms with Crippen LogP contribution in [0.4, 0.5) is 13.2 Å². The quantitative estimate of drug-likeness (QED) is 0.658. The maximum absolute atomic E-state index is 12.9. The largest absolute Gasteiger partial charge is 0.465 e. The Morgan fingerprint density at radius 3 is 2.48 bits per heavy atom. The Morgan fingerprint density at radius 1 is 1.17 bits per heavy atom. The van der Waals surface area contributed by atoms with Crippen molar-refractivity contribution in [3.05, 3.63) is 51.7 Å². The summed E-state index contributed by atoms with van der Waals surface area (Å²) in [6.45, 7) is 1.39. The van der Waals surface area contributed by atoms with Crippen LogP contribution in [0.3, 0.4) is 0 Å². The van der Waals surface area contributed by atoms with Gasteiger partial charge >= 0.3 is 12.1 Å². The van der Waals surface area contributed by atoms with E-state index in [1.807, 2.05) is 4.90 Å². The topological polar surface area (TPSA) is 66.9 Å². The minimum Gasteiger partial charge on any atom is -0.465 e. The van der Waals surface area contributed by atoms with Crippen LogP contribution in [-0.2, 0) is 27.5 Å². The van der Waals surface area contributed by atoms with Gasteiger partial charge in [0.2, 0.25) is 10.0 Å². The average molecular weight is 448 g/mol. The first kappa shape index (κ1) is 21.8. The summed E-state index contributed by atoms with van der Waals surface area (Å²) >= 11 is 0.996. The molecule has 1 aromatic carbocycles. The number of rotatable bonds is 5. The van der Waals surface area contributed by atoms with Crippen molar-refractivity contribution in [2.75, 3.05) is 33.3 Å². The van der Waals surface area contributed by atoms with E-state index in [9.17, 15) is 26.4 Å². The van der Waals surface area contributed by atoms with Crippen LogP contribution < -0.4 is 0 Å². The Hall–Kier alpha value is -1.95. The zero-order valence-electron chi connectivity index (χ0n) is 15.5. The molecule has 158 valence electrons. The Kier molecular flexibility index (Phi) is 6.32. The van der Waals surface area contributed by atoms with Gasteiger partial charge in [0.1, 0.15) is 9.77 Å². The maximum Gasteiger partial charge on any atom is 0.416 e. The van der Waals surface area contributed by atoms with Crippen molar-refractivity contribution in [3.8, 4) is 0 Å². The fraction of sp³-hybridized carbons (Fsp3) is 0.389. The molecular formula is C18H19F3N2O4S2. The summed E-state index contributed by atoms with van der Waals surface area (Å²) in [5, 5.41) is 1.52. The maximum atomic E-state index is 12.9. The van der Waals surface area contributed by atoms with Gasteiger partial charge in [-0.25, -0.2) is 13.2 Å². The lowest BCUT2D eigenvalue weighted by Crippen LogP contribution is -2.48. The molecule has 6 nitrogen and oxygen atoms in total. The minimum atomic E-state index is -4.40. The van der Waals surface area contributed by atoms with Gasteiger partial charge in [0.15, 0.2) is 0 Å². The van der Waals surface area contributed by atoms with Crippen LogP contribution in [0.15, 0.2) is 40.6 Å². The van der Waals surface area contributed by atoms with Crippen molar-refractivity contribution in [2.45, 2.75) is 17.6 Å². The lowest BCUT2D eigenvalue weighted by Gasteiger charge is -2.34. The third-order valence-electron chi connectivity index (χ3n) is 4.61. The zero-order chi connectivity index (χ0) is 21.2. The average Bonchev–Trinajstić information content (AvgIpc) is 3.18. The van der Waals surface area contributed by atoms with E-state index in [4.69, 9.17) is 0 Å². The number of halogens is 3. The predicted octanol–water partition coefficient (Wildman–Crippen LogP) is 3.06. The highest BCUT2D eigenvalue weighted by atomic mass is 32.2. The predicted molar refractivity (Wildman–Crippen MR) is 101 cm³/mol. The SMILES string of the molecule is COC(=O)c1sccc1S(=O)(=O)N1CCN(Cc2cccc(C(F)(F)F)c2)CC1. The van der Waals surface area contributed by atoms with Crippen LogP contribution in [-0.4, -0.2) is 56.9 Å². The number of nitrogens with zero attached hydrogens (tertiary/aromatic N) is 2. The number of hydrogen-bond donors (Lipinski definition) is 0. The highest BCUT2D eigenvalue weighted by molar-refractivity contribution is 7.89. The van der Waals surface area contributed by atoms with Crippen molar-refractivity contribution in [2.24, 2.45) is 0 Å². The number of sulfonamides is 1. The van der Waals surface area contributed by atoms with E-state index in [1.165, 1.54) is 28.9 Å². The second-order valence-electron chi connectivity index (χ2n) is 6.48. The van der Waals surface area contributed by atoms with Gasteiger partial charge in [-0.15, -0.1) is 11.3 Å². The van der Waals surface area contributed by atoms with E-state index < -0.39 is 27.7 Å². The van der Waals surface area contributed by atoms with Gasteiger partial charge in [-0.1, -0.05) is 18.2 Å². The molecule has 0 N–H and O–H groups in total. The van der Waals surface area contributed by atoms with Gasteiger partial charge in [0.25, 0.3) is 0 Å². The molecular weight excluding hydrogens is 429 g/mol. The number of esters is 1. The molecule has 0 bridgehead atoms. The van der Waals surface area contributed by atoms with E-state index in [2.05, 4.69) is 4.74 Å². The first-order valence-electron chi connectivity index (χ1n) is 8.67. The summed E-state index contributed by atoms with van der Waals surface area (Å²) in [5.41, 5.74) is -0.189. The molecule has 0 saturated carbocycles. The molecule has 0 atom stereocenters. The molecule has 11 heteroatoms. The lowest BCUT2D eigenvalue weighted by atomic mass is 10.1. The number of hydrogen-bond acceptors (Lipinski definition) is 6. The van der Waals surface area contributed by atoms with Crippen molar-refractivity contribution >= 4 is 27.3 Å². The summed E-state index contributed by atoms with van der Waals surface area (Å²) in [6.07, 6.45) is -4.40. The van der Waals surface area contributed by atoms with Gasteiger partial charge < -0.3 is 4.74 Å². The molecule has 2 aromatic rings. The second kappa shape index (κ2) is 8.42. The number of thiophene rings is 1. The first-order valence-corrected chi connectivity index (χ1v) is 11.0. The van der Waals surface area contributed by atoms with Gasteiger partial charge in [-0.2, -0.15) is 17.5 Å². The van der Waals surface area contributed by atoms with E-state index in [0.29, 0.717) is 25.2 Å². The van der Waals surface area contributed by atoms with Gasteiger partial charge in [0, 0.05) is 32.7 Å². The molecule has 0 amide bonds. The smallest absolute Gasteiger partial charge is 0.416 e. The van der Waals surface area contributed by atoms with Crippen LogP contribution in [0, 0.1) is 0 Å². The monoisotopic (exact) mass is 448 g/mol. The molecule has 0 radical (unpaired) electrons. The number of alkyl halides is 3. The molecule has 1 aliphatic heterocycles. The number of carbonyl (C=O) groups excluding carboxylic acids is 1. The van der Waals surface area contributed by atoms with Crippen LogP contribution >= 0.6 is 11.3 Å². The van der Waals surface area contributed by atoms with Crippen LogP contribution in [0.5, 0.6) is 0 Å². The van der Waals surface area contributed by atoms with Crippen molar-refractivity contribution in [1.29, 1.82) is 0 Å². The molecule has 29 heavy (non-hydrogen) atoms. The standard InChI is InChI=1S/C18H19F3N2O4S2/c1-27-17(24)16-15(5-10-28-16)29(25,26)23-8-6-22(7-9-23)12-13-3-2-4-14(11-13)18(19,20)21/h2-5,10-11H,6-9,12H2,1H3. The highest BCUT2D eigenvalue weighted by Gasteiger charge is 2.33. The summed E-state index contributed by atoms with van der Waals surface area (Å²) in [7, 11) is -2.67. The van der Waals surface area contributed by atoms with Crippen LogP contribution in [0.1, 0.15) is 20.8 Å². The summed E-state index contributed by atoms with van der Waals surface area (Å²) in [4.78, 5) is 13.6. The zero-order valence-corrected chi connectivity index (χ0v) is 17.1. The highest BCUT2D eigenvalue weighted by Crippen LogP contribution is 2.30. The fourth-order valence-corrected chi connectivity index (χ4v) is 5.84. The van der Waals surface area contributed by atoms with E-state index in [1.54, 1.807) is 6.07 Å². The molecule has 1 saturated heterocycles. The number of methoxy groups -OCH3 is 1. The molecule has 3 rings (SSSR count). The van der Waals surface area contributed by atoms with Crippen molar-refractivity contribution in [3.63, 3.8) is 0 Å². The Bertz CT molecular complexity index is 981. The summed E-state index contributed by atoms with van der Waals surface area (Å²) in [5.74, 6) is -0.707. The van der Waals surface area contributed by atoms with Crippen molar-refractivity contribution in [1.82, 2.24) is 9.21 Å². The molecule has 0 spiro atoms. The number of benzene rings is 1. The third kappa shape index (κ3) is 4.80. The molecule has 2 heterocycles. The normalized spacial score (nSPS) is 16.7. The molecule has 0 aliphatic carbocycles. The minimum absolute atomic E-state index is 0.0268. The Labute approximate surface area is 170 Å². The van der Waals surface area contributed by atoms with Gasteiger partial charge in [-0.3, -0.25) is 4.90 Å². The lowest BCUT2D eigenvalue weighted by molar-refractivity contribution is -0.137. The molecule has 0 unspecified atom stereocenters. The molecule has 1 aromatic heterocycles. The van der Waals surface area contributed by atoms with E-state index in [-0.39, 0.29) is 22.9 Å². The number of piperazine rings is 1. The molecule has 1 aliphatic rings. The molecule has 1 fully saturated rings. The van der Waals surface area contributed by atoms with Crippen LogP contribution in [0.2, 0.25) is 0 Å². The van der Waals surface area contributed by atoms with Crippen LogP contribution in [0.25, 0.3) is 0 Å². The fourth-order valence-electron chi connectivity index (χ4n) is 3.11. The van der Waals surface area contributed by atoms with Gasteiger partial charge in [0.05, 0.1) is 12.7 Å². The number of ether oxygens (including phenoxy) is 1. The third-order valence-corrected chi connectivity index (χ3v) is 7.57. The van der Waals surface area contributed by atoms with E-state index >= 15 is 0 Å². The summed E-state index contributed by atoms with van der Waals surface area (Å²) in [6, 6.07) is 6.49. The van der Waals surface area contributed by atoms with Crippen molar-refractivity contribution < 1.29 is 31.1 Å². The van der Waals surface area contributed by atoms with E-state index in [0.717, 1.165) is 23.5 Å².